The van der Waals surface area contributed by atoms with Gasteiger partial charge in [-0.25, -0.2) is 0 Å². The molecule has 1 unspecified atom stereocenters. The van der Waals surface area contributed by atoms with Gasteiger partial charge in [-0.1, -0.05) is 44.2 Å². The summed E-state index contributed by atoms with van der Waals surface area (Å²) in [6, 6.07) is 8.96. The minimum absolute atomic E-state index is 0.166. The van der Waals surface area contributed by atoms with Gasteiger partial charge in [0.2, 0.25) is 17.6 Å². The van der Waals surface area contributed by atoms with Crippen LogP contribution < -0.4 is 29.7 Å². The monoisotopic (exact) mass is 651 g/mol. The van der Waals surface area contributed by atoms with E-state index in [1.165, 1.54) is 0 Å². The van der Waals surface area contributed by atoms with Crippen molar-refractivity contribution in [3.05, 3.63) is 47.0 Å². The summed E-state index contributed by atoms with van der Waals surface area (Å²) in [5, 5.41) is 6.36. The molecule has 11 heteroatoms. The van der Waals surface area contributed by atoms with Gasteiger partial charge >= 0.3 is 7.12 Å². The summed E-state index contributed by atoms with van der Waals surface area (Å²) >= 11 is 0. The van der Waals surface area contributed by atoms with Gasteiger partial charge in [0.25, 0.3) is 0 Å². The zero-order valence-corrected chi connectivity index (χ0v) is 30.1. The first-order valence-electron chi connectivity index (χ1n) is 16.6. The molecule has 10 nitrogen and oxygen atoms in total. The van der Waals surface area contributed by atoms with E-state index in [0.717, 1.165) is 22.4 Å². The molecule has 1 saturated heterocycles. The highest BCUT2D eigenvalue weighted by Crippen LogP contribution is 2.52. The molecule has 0 bridgehead atoms. The van der Waals surface area contributed by atoms with Crippen LogP contribution in [0.25, 0.3) is 0 Å². The number of nitrogens with one attached hydrogen (secondary N) is 2. The van der Waals surface area contributed by atoms with E-state index in [0.29, 0.717) is 49.4 Å². The summed E-state index contributed by atoms with van der Waals surface area (Å²) in [6.07, 6.45) is 2.69. The number of rotatable bonds is 13. The smallest absolute Gasteiger partial charge is 0.481 e. The average Bonchev–Trinajstić information content (AvgIpc) is 3.24. The first-order valence-corrected chi connectivity index (χ1v) is 16.6. The number of amides is 2. The Labute approximate surface area is 281 Å². The third kappa shape index (κ3) is 7.83. The van der Waals surface area contributed by atoms with E-state index in [1.54, 1.807) is 21.3 Å². The van der Waals surface area contributed by atoms with Crippen LogP contribution in [0.15, 0.2) is 30.3 Å². The predicted molar refractivity (Wildman–Crippen MR) is 185 cm³/mol. The number of ether oxygens (including phenoxy) is 3. The zero-order valence-electron chi connectivity index (χ0n) is 30.1. The molecule has 1 fully saturated rings. The maximum Gasteiger partial charge on any atom is 0.481 e. The predicted octanol–water partition coefficient (Wildman–Crippen LogP) is 4.77. The van der Waals surface area contributed by atoms with E-state index in [4.69, 9.17) is 23.5 Å². The summed E-state index contributed by atoms with van der Waals surface area (Å²) in [4.78, 5) is 30.2. The van der Waals surface area contributed by atoms with Crippen molar-refractivity contribution in [2.75, 3.05) is 40.3 Å². The first-order chi connectivity index (χ1) is 22.1. The van der Waals surface area contributed by atoms with Crippen LogP contribution in [0, 0.1) is 11.8 Å². The Morgan fingerprint density at radius 1 is 0.915 bits per heavy atom. The fourth-order valence-corrected chi connectivity index (χ4v) is 6.63. The largest absolute Gasteiger partial charge is 0.492 e. The molecule has 2 aliphatic rings. The number of hydrogen-bond donors (Lipinski definition) is 2. The molecule has 2 aromatic rings. The average molecular weight is 652 g/mol. The third-order valence-electron chi connectivity index (χ3n) is 9.74. The summed E-state index contributed by atoms with van der Waals surface area (Å²) in [7, 11) is 8.10. The van der Waals surface area contributed by atoms with Crippen molar-refractivity contribution in [2.24, 2.45) is 11.8 Å². The second-order valence-corrected chi connectivity index (χ2v) is 14.4. The molecular formula is C36H54BN3O7. The molecule has 0 spiro atoms. The van der Waals surface area contributed by atoms with Crippen LogP contribution in [0.4, 0.5) is 5.69 Å². The number of benzene rings is 2. The fraction of sp³-hybridized carbons (Fsp3) is 0.611. The summed E-state index contributed by atoms with van der Waals surface area (Å²) in [5.74, 6) is 0.836. The summed E-state index contributed by atoms with van der Waals surface area (Å²) < 4.78 is 30.1. The van der Waals surface area contributed by atoms with E-state index >= 15 is 0 Å². The maximum absolute atomic E-state index is 14.1. The second kappa shape index (κ2) is 14.8. The number of nitrogens with zero attached hydrogens (tertiary/aromatic N) is 1. The van der Waals surface area contributed by atoms with Gasteiger partial charge in [-0.2, -0.15) is 0 Å². The molecule has 258 valence electrons. The van der Waals surface area contributed by atoms with Gasteiger partial charge in [0, 0.05) is 32.0 Å². The molecule has 4 rings (SSSR count). The lowest BCUT2D eigenvalue weighted by Crippen LogP contribution is -2.56. The molecule has 3 atom stereocenters. The number of anilines is 1. The molecule has 47 heavy (non-hydrogen) atoms. The van der Waals surface area contributed by atoms with Crippen LogP contribution in [-0.2, 0) is 38.2 Å². The fourth-order valence-electron chi connectivity index (χ4n) is 6.63. The van der Waals surface area contributed by atoms with Gasteiger partial charge in [0.15, 0.2) is 11.5 Å². The van der Waals surface area contributed by atoms with E-state index in [1.807, 2.05) is 77.0 Å². The maximum atomic E-state index is 14.1. The van der Waals surface area contributed by atoms with Crippen molar-refractivity contribution < 1.29 is 33.1 Å². The number of methoxy groups -OCH3 is 3. The van der Waals surface area contributed by atoms with Crippen LogP contribution in [0.2, 0.25) is 0 Å². The molecule has 1 heterocycles. The van der Waals surface area contributed by atoms with Gasteiger partial charge in [0.1, 0.15) is 6.04 Å². The lowest BCUT2D eigenvalue weighted by Gasteiger charge is -2.33. The topological polar surface area (TPSA) is 108 Å². The molecule has 2 amide bonds. The zero-order chi connectivity index (χ0) is 34.7. The molecule has 0 aromatic heterocycles. The standard InChI is InChI=1S/C36H54BN3O7/c1-22(2)19-28(37-46-35(3,4)36(5,6)47-37)39-34(42)27(20-23-15-13-12-14-16-23)38-33(41)24-17-18-25-26(21-24)29(40(7)8)31(44-10)32(45-11)30(25)43-9/h12-16,22,24,27-28H,17-21H2,1-11H3,(H,38,41)(H,39,42)/t24?,27-,28-/m0/s1. The molecule has 0 radical (unpaired) electrons. The number of fused-ring (bicyclic) bond motifs is 1. The SMILES string of the molecule is COc1c2c(c(N(C)C)c(OC)c1OC)CC(C(=O)N[C@@H](Cc1ccccc1)C(=O)N[C@@H](CC(C)C)B1OC(C)(C)C(C)(C)O1)CC2. The molecular weight excluding hydrogens is 597 g/mol. The lowest BCUT2D eigenvalue weighted by atomic mass is 9.73. The summed E-state index contributed by atoms with van der Waals surface area (Å²) in [5.41, 5.74) is 2.73. The van der Waals surface area contributed by atoms with E-state index in [9.17, 15) is 9.59 Å². The molecule has 1 aliphatic carbocycles. The Morgan fingerprint density at radius 2 is 1.51 bits per heavy atom. The Balaban J connectivity index is 1.61. The Hall–Kier alpha value is -3.44. The van der Waals surface area contributed by atoms with E-state index < -0.39 is 30.3 Å². The number of carbonyl (C=O) groups is 2. The number of carbonyl (C=O) groups excluding carboxylic acids is 2. The number of hydrogen-bond acceptors (Lipinski definition) is 8. The normalized spacial score (nSPS) is 19.4. The Kier molecular flexibility index (Phi) is 11.4. The van der Waals surface area contributed by atoms with Crippen LogP contribution in [0.3, 0.4) is 0 Å². The first kappa shape index (κ1) is 36.4. The lowest BCUT2D eigenvalue weighted by molar-refractivity contribution is -0.131. The van der Waals surface area contributed by atoms with Gasteiger partial charge in [0.05, 0.1) is 44.2 Å². The molecule has 1 aliphatic heterocycles. The summed E-state index contributed by atoms with van der Waals surface area (Å²) in [6.45, 7) is 12.2. The van der Waals surface area contributed by atoms with Crippen molar-refractivity contribution >= 4 is 24.6 Å². The van der Waals surface area contributed by atoms with Crippen molar-refractivity contribution in [3.8, 4) is 17.2 Å². The van der Waals surface area contributed by atoms with Gasteiger partial charge in [-0.15, -0.1) is 0 Å². The minimum Gasteiger partial charge on any atom is -0.492 e. The van der Waals surface area contributed by atoms with Crippen molar-refractivity contribution in [1.82, 2.24) is 10.6 Å². The van der Waals surface area contributed by atoms with E-state index in [2.05, 4.69) is 24.5 Å². The molecule has 2 N–H and O–H groups in total. The van der Waals surface area contributed by atoms with Gasteiger partial charge < -0.3 is 39.1 Å². The van der Waals surface area contributed by atoms with Crippen LogP contribution in [-0.4, -0.2) is 77.5 Å². The van der Waals surface area contributed by atoms with Crippen LogP contribution in [0.1, 0.15) is 71.1 Å². The highest BCUT2D eigenvalue weighted by Gasteiger charge is 2.54. The second-order valence-electron chi connectivity index (χ2n) is 14.4. The van der Waals surface area contributed by atoms with Crippen molar-refractivity contribution in [3.63, 3.8) is 0 Å². The van der Waals surface area contributed by atoms with Crippen molar-refractivity contribution in [2.45, 2.75) is 96.8 Å². The van der Waals surface area contributed by atoms with Crippen molar-refractivity contribution in [1.29, 1.82) is 0 Å². The Bertz CT molecular complexity index is 1400. The quantitative estimate of drug-likeness (QED) is 0.299. The molecule has 0 saturated carbocycles. The van der Waals surface area contributed by atoms with Crippen LogP contribution in [0.5, 0.6) is 17.2 Å². The highest BCUT2D eigenvalue weighted by atomic mass is 16.7. The molecule has 2 aromatic carbocycles. The minimum atomic E-state index is -0.795. The van der Waals surface area contributed by atoms with E-state index in [-0.39, 0.29) is 23.7 Å². The Morgan fingerprint density at radius 3 is 2.04 bits per heavy atom. The van der Waals surface area contributed by atoms with Gasteiger partial charge in [-0.3, -0.25) is 9.59 Å². The highest BCUT2D eigenvalue weighted by molar-refractivity contribution is 6.48. The van der Waals surface area contributed by atoms with Crippen LogP contribution >= 0.6 is 0 Å². The van der Waals surface area contributed by atoms with Gasteiger partial charge in [-0.05, 0) is 70.4 Å². The third-order valence-corrected chi connectivity index (χ3v) is 9.74.